The molecule has 0 saturated heterocycles. The Labute approximate surface area is 175 Å². The van der Waals surface area contributed by atoms with Crippen molar-refractivity contribution >= 4 is 28.2 Å². The van der Waals surface area contributed by atoms with Crippen LogP contribution in [0, 0.1) is 13.8 Å². The molecule has 2 aromatic rings. The number of likely N-dealkylation sites (N-methyl/N-ethyl adjacent to an activating group) is 1. The second-order valence-corrected chi connectivity index (χ2v) is 7.93. The average molecular weight is 421 g/mol. The van der Waals surface area contributed by atoms with Gasteiger partial charge in [-0.15, -0.1) is 11.3 Å². The normalized spacial score (nSPS) is 10.7. The van der Waals surface area contributed by atoms with Gasteiger partial charge < -0.3 is 19.5 Å². The van der Waals surface area contributed by atoms with Gasteiger partial charge >= 0.3 is 5.97 Å². The van der Waals surface area contributed by atoms with E-state index < -0.39 is 5.97 Å². The quantitative estimate of drug-likeness (QED) is 0.628. The Kier molecular flexibility index (Phi) is 8.04. The zero-order valence-electron chi connectivity index (χ0n) is 17.8. The molecule has 1 aromatic carbocycles. The number of amides is 1. The molecule has 0 bridgehead atoms. The largest absolute Gasteiger partial charge is 0.493 e. The Bertz CT molecular complexity index is 878. The van der Waals surface area contributed by atoms with Crippen LogP contribution in [-0.4, -0.2) is 58.2 Å². The fraction of sp³-hybridized carbons (Fsp3) is 0.429. The van der Waals surface area contributed by atoms with Crippen LogP contribution < -0.4 is 14.8 Å². The molecule has 0 spiro atoms. The molecule has 0 unspecified atom stereocenters. The highest BCUT2D eigenvalue weighted by Gasteiger charge is 2.21. The number of esters is 1. The van der Waals surface area contributed by atoms with Gasteiger partial charge in [0.25, 0.3) is 0 Å². The van der Waals surface area contributed by atoms with E-state index >= 15 is 0 Å². The van der Waals surface area contributed by atoms with Crippen molar-refractivity contribution in [2.45, 2.75) is 20.3 Å². The predicted octanol–water partition coefficient (Wildman–Crippen LogP) is 3.28. The van der Waals surface area contributed by atoms with E-state index in [0.717, 1.165) is 22.4 Å². The number of rotatable bonds is 9. The van der Waals surface area contributed by atoms with E-state index in [2.05, 4.69) is 5.32 Å². The highest BCUT2D eigenvalue weighted by atomic mass is 32.1. The minimum Gasteiger partial charge on any atom is -0.493 e. The van der Waals surface area contributed by atoms with Crippen LogP contribution in [0.4, 0.5) is 5.00 Å². The lowest BCUT2D eigenvalue weighted by atomic mass is 10.1. The van der Waals surface area contributed by atoms with E-state index in [-0.39, 0.29) is 12.5 Å². The Balaban J connectivity index is 1.95. The average Bonchev–Trinajstić information content (AvgIpc) is 2.98. The molecule has 0 atom stereocenters. The molecule has 1 amide bonds. The zero-order valence-corrected chi connectivity index (χ0v) is 18.6. The van der Waals surface area contributed by atoms with Gasteiger partial charge in [-0.2, -0.15) is 0 Å². The third-order valence-electron chi connectivity index (χ3n) is 4.67. The lowest BCUT2D eigenvalue weighted by Gasteiger charge is -2.17. The molecule has 0 aliphatic carbocycles. The summed E-state index contributed by atoms with van der Waals surface area (Å²) < 4.78 is 15.4. The summed E-state index contributed by atoms with van der Waals surface area (Å²) in [7, 11) is 6.43. The van der Waals surface area contributed by atoms with Crippen molar-refractivity contribution in [2.24, 2.45) is 0 Å². The van der Waals surface area contributed by atoms with Crippen molar-refractivity contribution in [1.29, 1.82) is 0 Å². The maximum absolute atomic E-state index is 12.5. The van der Waals surface area contributed by atoms with Crippen LogP contribution in [-0.2, 0) is 16.0 Å². The Morgan fingerprint density at radius 3 is 2.41 bits per heavy atom. The first-order chi connectivity index (χ1) is 13.8. The maximum atomic E-state index is 12.5. The molecule has 0 aliphatic heterocycles. The summed E-state index contributed by atoms with van der Waals surface area (Å²) in [6.45, 7) is 4.67. The minimum absolute atomic E-state index is 0.175. The maximum Gasteiger partial charge on any atom is 0.341 e. The molecule has 1 N–H and O–H groups in total. The van der Waals surface area contributed by atoms with Crippen molar-refractivity contribution in [3.05, 3.63) is 39.8 Å². The minimum atomic E-state index is -0.441. The van der Waals surface area contributed by atoms with Crippen LogP contribution in [0.2, 0.25) is 0 Å². The highest BCUT2D eigenvalue weighted by Crippen LogP contribution is 2.33. The van der Waals surface area contributed by atoms with Gasteiger partial charge in [-0.05, 0) is 50.6 Å². The molecule has 0 fully saturated rings. The Morgan fingerprint density at radius 1 is 1.10 bits per heavy atom. The lowest BCUT2D eigenvalue weighted by molar-refractivity contribution is -0.117. The van der Waals surface area contributed by atoms with Gasteiger partial charge in [-0.25, -0.2) is 4.79 Å². The first kappa shape index (κ1) is 22.7. The number of thiophene rings is 1. The molecule has 0 radical (unpaired) electrons. The van der Waals surface area contributed by atoms with E-state index in [0.29, 0.717) is 28.6 Å². The molecular weight excluding hydrogens is 392 g/mol. The van der Waals surface area contributed by atoms with E-state index in [9.17, 15) is 9.59 Å². The number of carbonyl (C=O) groups is 2. The van der Waals surface area contributed by atoms with Gasteiger partial charge in [-0.1, -0.05) is 6.07 Å². The number of nitrogens with zero attached hydrogens (tertiary/aromatic N) is 1. The third-order valence-corrected chi connectivity index (χ3v) is 5.79. The monoisotopic (exact) mass is 420 g/mol. The summed E-state index contributed by atoms with van der Waals surface area (Å²) in [5.74, 6) is 0.756. The molecule has 1 heterocycles. The molecule has 158 valence electrons. The fourth-order valence-electron chi connectivity index (χ4n) is 2.91. The third kappa shape index (κ3) is 5.71. The lowest BCUT2D eigenvalue weighted by Crippen LogP contribution is -2.31. The van der Waals surface area contributed by atoms with Crippen LogP contribution in [0.15, 0.2) is 18.2 Å². The van der Waals surface area contributed by atoms with Gasteiger partial charge in [0.2, 0.25) is 5.91 Å². The molecule has 0 aliphatic rings. The summed E-state index contributed by atoms with van der Waals surface area (Å²) in [4.78, 5) is 27.4. The first-order valence-corrected chi connectivity index (χ1v) is 9.99. The van der Waals surface area contributed by atoms with Crippen LogP contribution >= 0.6 is 11.3 Å². The van der Waals surface area contributed by atoms with E-state index in [1.54, 1.807) is 14.2 Å². The van der Waals surface area contributed by atoms with E-state index in [1.165, 1.54) is 18.4 Å². The summed E-state index contributed by atoms with van der Waals surface area (Å²) in [5.41, 5.74) is 2.35. The topological polar surface area (TPSA) is 77.1 Å². The smallest absolute Gasteiger partial charge is 0.341 e. The second kappa shape index (κ2) is 10.3. The standard InChI is InChI=1S/C21H28N2O5S/c1-13-14(2)29-20(19(13)21(25)28-6)22-18(24)12-23(3)10-9-15-7-8-16(26-4)17(11-15)27-5/h7-8,11H,9-10,12H2,1-6H3,(H,22,24). The molecule has 0 saturated carbocycles. The molecule has 2 rings (SSSR count). The molecule has 7 nitrogen and oxygen atoms in total. The highest BCUT2D eigenvalue weighted by molar-refractivity contribution is 7.16. The number of hydrogen-bond acceptors (Lipinski definition) is 7. The summed E-state index contributed by atoms with van der Waals surface area (Å²) in [6, 6.07) is 5.79. The van der Waals surface area contributed by atoms with Crippen LogP contribution in [0.3, 0.4) is 0 Å². The number of anilines is 1. The van der Waals surface area contributed by atoms with Crippen molar-refractivity contribution in [3.63, 3.8) is 0 Å². The van der Waals surface area contributed by atoms with Gasteiger partial charge in [0.15, 0.2) is 11.5 Å². The van der Waals surface area contributed by atoms with Crippen molar-refractivity contribution in [3.8, 4) is 11.5 Å². The van der Waals surface area contributed by atoms with Crippen molar-refractivity contribution in [2.75, 3.05) is 46.8 Å². The fourth-order valence-corrected chi connectivity index (χ4v) is 3.97. The van der Waals surface area contributed by atoms with Crippen molar-refractivity contribution < 1.29 is 23.8 Å². The number of methoxy groups -OCH3 is 3. The van der Waals surface area contributed by atoms with Gasteiger partial charge in [0, 0.05) is 11.4 Å². The summed E-state index contributed by atoms with van der Waals surface area (Å²) in [5, 5.41) is 3.38. The first-order valence-electron chi connectivity index (χ1n) is 9.18. The number of hydrogen-bond donors (Lipinski definition) is 1. The van der Waals surface area contributed by atoms with Gasteiger partial charge in [-0.3, -0.25) is 9.69 Å². The van der Waals surface area contributed by atoms with Crippen molar-refractivity contribution in [1.82, 2.24) is 4.90 Å². The number of nitrogens with one attached hydrogen (secondary N) is 1. The molecular formula is C21H28N2O5S. The Morgan fingerprint density at radius 2 is 1.79 bits per heavy atom. The number of benzene rings is 1. The predicted molar refractivity (Wildman–Crippen MR) is 115 cm³/mol. The number of carbonyl (C=O) groups excluding carboxylic acids is 2. The Hall–Kier alpha value is -2.58. The van der Waals surface area contributed by atoms with Gasteiger partial charge in [0.05, 0.1) is 33.4 Å². The van der Waals surface area contributed by atoms with E-state index in [4.69, 9.17) is 14.2 Å². The molecule has 29 heavy (non-hydrogen) atoms. The molecule has 8 heteroatoms. The second-order valence-electron chi connectivity index (χ2n) is 6.70. The number of ether oxygens (including phenoxy) is 3. The number of aryl methyl sites for hydroxylation is 1. The SMILES string of the molecule is COC(=O)c1c(NC(=O)CN(C)CCc2ccc(OC)c(OC)c2)sc(C)c1C. The zero-order chi connectivity index (χ0) is 21.6. The van der Waals surface area contributed by atoms with Crippen LogP contribution in [0.1, 0.15) is 26.4 Å². The van der Waals surface area contributed by atoms with Gasteiger partial charge in [0.1, 0.15) is 5.00 Å². The molecule has 1 aromatic heterocycles. The summed E-state index contributed by atoms with van der Waals surface area (Å²) >= 11 is 1.38. The van der Waals surface area contributed by atoms with Crippen LogP contribution in [0.25, 0.3) is 0 Å². The summed E-state index contributed by atoms with van der Waals surface area (Å²) in [6.07, 6.45) is 0.759. The van der Waals surface area contributed by atoms with Crippen LogP contribution in [0.5, 0.6) is 11.5 Å². The van der Waals surface area contributed by atoms with E-state index in [1.807, 2.05) is 44.0 Å².